The zero-order valence-corrected chi connectivity index (χ0v) is 10.1. The van der Waals surface area contributed by atoms with E-state index in [1.807, 2.05) is 0 Å². The molecule has 0 atom stereocenters. The van der Waals surface area contributed by atoms with Gasteiger partial charge in [-0.3, -0.25) is 0 Å². The Bertz CT molecular complexity index is 269. The second-order valence-electron chi connectivity index (χ2n) is 4.01. The number of aryl methyl sites for hydroxylation is 2. The van der Waals surface area contributed by atoms with Crippen LogP contribution < -0.4 is 5.73 Å². The molecule has 1 aromatic carbocycles. The molecule has 1 heteroatoms. The molecule has 0 radical (unpaired) electrons. The van der Waals surface area contributed by atoms with Crippen molar-refractivity contribution in [1.29, 1.82) is 0 Å². The van der Waals surface area contributed by atoms with Crippen molar-refractivity contribution in [2.75, 3.05) is 6.54 Å². The quantitative estimate of drug-likeness (QED) is 0.710. The Morgan fingerprint density at radius 2 is 1.60 bits per heavy atom. The fourth-order valence-corrected chi connectivity index (χ4v) is 2.12. The van der Waals surface area contributed by atoms with Crippen LogP contribution in [0.15, 0.2) is 18.2 Å². The van der Waals surface area contributed by atoms with Gasteiger partial charge in [0.25, 0.3) is 0 Å². The minimum Gasteiger partial charge on any atom is -0.330 e. The molecule has 0 saturated carbocycles. The number of rotatable bonds is 6. The highest BCUT2D eigenvalue weighted by atomic mass is 14.5. The van der Waals surface area contributed by atoms with Crippen LogP contribution in [-0.2, 0) is 19.3 Å². The third kappa shape index (κ3) is 3.35. The van der Waals surface area contributed by atoms with Gasteiger partial charge in [0, 0.05) is 0 Å². The van der Waals surface area contributed by atoms with Crippen LogP contribution in [0.4, 0.5) is 0 Å². The van der Waals surface area contributed by atoms with E-state index in [1.54, 1.807) is 5.56 Å². The number of hydrogen-bond donors (Lipinski definition) is 1. The Balaban J connectivity index is 2.80. The van der Waals surface area contributed by atoms with Gasteiger partial charge in [-0.1, -0.05) is 32.0 Å². The van der Waals surface area contributed by atoms with Crippen LogP contribution in [0.25, 0.3) is 0 Å². The lowest BCUT2D eigenvalue weighted by Crippen LogP contribution is -2.02. The zero-order valence-electron chi connectivity index (χ0n) is 10.1. The maximum atomic E-state index is 5.53. The molecule has 0 fully saturated rings. The molecule has 0 aliphatic carbocycles. The minimum atomic E-state index is 0.815. The van der Waals surface area contributed by atoms with E-state index < -0.39 is 0 Å². The van der Waals surface area contributed by atoms with Crippen molar-refractivity contribution in [3.63, 3.8) is 0 Å². The molecule has 15 heavy (non-hydrogen) atoms. The minimum absolute atomic E-state index is 0.815. The molecule has 0 aromatic heterocycles. The van der Waals surface area contributed by atoms with Gasteiger partial charge in [-0.15, -0.1) is 0 Å². The molecule has 0 amide bonds. The van der Waals surface area contributed by atoms with E-state index in [2.05, 4.69) is 32.0 Å². The smallest absolute Gasteiger partial charge is 0.00772 e. The van der Waals surface area contributed by atoms with Crippen LogP contribution in [0, 0.1) is 0 Å². The summed E-state index contributed by atoms with van der Waals surface area (Å²) < 4.78 is 0. The maximum Gasteiger partial charge on any atom is -0.00772 e. The second-order valence-corrected chi connectivity index (χ2v) is 4.01. The fourth-order valence-electron chi connectivity index (χ4n) is 2.12. The number of unbranched alkanes of at least 4 members (excludes halogenated alkanes) is 1. The summed E-state index contributed by atoms with van der Waals surface area (Å²) in [5.41, 5.74) is 10.2. The zero-order chi connectivity index (χ0) is 11.1. The highest BCUT2D eigenvalue weighted by molar-refractivity contribution is 5.35. The summed E-state index contributed by atoms with van der Waals surface area (Å²) in [7, 11) is 0. The predicted octanol–water partition coefficient (Wildman–Crippen LogP) is 3.09. The van der Waals surface area contributed by atoms with Crippen molar-refractivity contribution < 1.29 is 0 Å². The monoisotopic (exact) mass is 205 g/mol. The number of hydrogen-bond acceptors (Lipinski definition) is 1. The summed E-state index contributed by atoms with van der Waals surface area (Å²) >= 11 is 0. The topological polar surface area (TPSA) is 26.0 Å². The molecule has 0 unspecified atom stereocenters. The summed E-state index contributed by atoms with van der Waals surface area (Å²) in [6.45, 7) is 5.29. The predicted molar refractivity (Wildman–Crippen MR) is 67.2 cm³/mol. The van der Waals surface area contributed by atoms with Gasteiger partial charge in [0.05, 0.1) is 0 Å². The lowest BCUT2D eigenvalue weighted by atomic mass is 9.93. The third-order valence-electron chi connectivity index (χ3n) is 3.01. The van der Waals surface area contributed by atoms with Crippen LogP contribution >= 0.6 is 0 Å². The molecule has 84 valence electrons. The largest absolute Gasteiger partial charge is 0.330 e. The Kier molecular flexibility index (Phi) is 5.41. The second kappa shape index (κ2) is 6.62. The van der Waals surface area contributed by atoms with Crippen molar-refractivity contribution in [3.05, 3.63) is 34.9 Å². The highest BCUT2D eigenvalue weighted by Crippen LogP contribution is 2.18. The standard InChI is InChI=1S/C14H23N/c1-3-12-8-7-9-13(4-2)14(12)10-5-6-11-15/h7-9H,3-6,10-11,15H2,1-2H3. The Morgan fingerprint density at radius 3 is 2.07 bits per heavy atom. The van der Waals surface area contributed by atoms with Crippen molar-refractivity contribution in [2.45, 2.75) is 46.0 Å². The first-order chi connectivity index (χ1) is 7.33. The third-order valence-corrected chi connectivity index (χ3v) is 3.01. The van der Waals surface area contributed by atoms with Crippen LogP contribution in [0.1, 0.15) is 43.4 Å². The normalized spacial score (nSPS) is 10.6. The Morgan fingerprint density at radius 1 is 1.00 bits per heavy atom. The van der Waals surface area contributed by atoms with E-state index in [1.165, 1.54) is 24.0 Å². The van der Waals surface area contributed by atoms with E-state index in [0.29, 0.717) is 0 Å². The van der Waals surface area contributed by atoms with Crippen LogP contribution in [0.5, 0.6) is 0 Å². The van der Waals surface area contributed by atoms with Gasteiger partial charge < -0.3 is 5.73 Å². The SMILES string of the molecule is CCc1cccc(CC)c1CCCCN. The van der Waals surface area contributed by atoms with E-state index in [0.717, 1.165) is 25.8 Å². The molecule has 1 rings (SSSR count). The average Bonchev–Trinajstić information content (AvgIpc) is 2.29. The first-order valence-corrected chi connectivity index (χ1v) is 6.13. The molecular weight excluding hydrogens is 182 g/mol. The van der Waals surface area contributed by atoms with E-state index >= 15 is 0 Å². The van der Waals surface area contributed by atoms with Gasteiger partial charge >= 0.3 is 0 Å². The number of benzene rings is 1. The van der Waals surface area contributed by atoms with Gasteiger partial charge in [0.1, 0.15) is 0 Å². The van der Waals surface area contributed by atoms with Crippen molar-refractivity contribution >= 4 is 0 Å². The van der Waals surface area contributed by atoms with Crippen LogP contribution in [0.2, 0.25) is 0 Å². The molecule has 0 saturated heterocycles. The number of nitrogens with two attached hydrogens (primary N) is 1. The average molecular weight is 205 g/mol. The van der Waals surface area contributed by atoms with E-state index in [9.17, 15) is 0 Å². The van der Waals surface area contributed by atoms with Crippen molar-refractivity contribution in [3.8, 4) is 0 Å². The summed E-state index contributed by atoms with van der Waals surface area (Å²) in [4.78, 5) is 0. The summed E-state index contributed by atoms with van der Waals surface area (Å²) in [5.74, 6) is 0. The molecule has 2 N–H and O–H groups in total. The summed E-state index contributed by atoms with van der Waals surface area (Å²) in [5, 5.41) is 0. The van der Waals surface area contributed by atoms with Crippen LogP contribution in [0.3, 0.4) is 0 Å². The molecule has 0 bridgehead atoms. The van der Waals surface area contributed by atoms with Crippen molar-refractivity contribution in [1.82, 2.24) is 0 Å². The fraction of sp³-hybridized carbons (Fsp3) is 0.571. The van der Waals surface area contributed by atoms with Crippen molar-refractivity contribution in [2.24, 2.45) is 5.73 Å². The van der Waals surface area contributed by atoms with E-state index in [-0.39, 0.29) is 0 Å². The maximum absolute atomic E-state index is 5.53. The molecule has 0 aliphatic rings. The summed E-state index contributed by atoms with van der Waals surface area (Å²) in [6.07, 6.45) is 5.85. The lowest BCUT2D eigenvalue weighted by molar-refractivity contribution is 0.734. The highest BCUT2D eigenvalue weighted by Gasteiger charge is 2.05. The first kappa shape index (κ1) is 12.3. The molecule has 1 nitrogen and oxygen atoms in total. The molecule has 0 spiro atoms. The Labute approximate surface area is 93.7 Å². The first-order valence-electron chi connectivity index (χ1n) is 6.13. The van der Waals surface area contributed by atoms with Gasteiger partial charge in [-0.25, -0.2) is 0 Å². The summed E-state index contributed by atoms with van der Waals surface area (Å²) in [6, 6.07) is 6.71. The molecule has 0 heterocycles. The van der Waals surface area contributed by atoms with Gasteiger partial charge in [-0.05, 0) is 55.3 Å². The van der Waals surface area contributed by atoms with Gasteiger partial charge in [-0.2, -0.15) is 0 Å². The molecular formula is C14H23N. The van der Waals surface area contributed by atoms with Crippen LogP contribution in [-0.4, -0.2) is 6.54 Å². The lowest BCUT2D eigenvalue weighted by Gasteiger charge is -2.12. The van der Waals surface area contributed by atoms with E-state index in [4.69, 9.17) is 5.73 Å². The van der Waals surface area contributed by atoms with Gasteiger partial charge in [0.15, 0.2) is 0 Å². The molecule has 0 aliphatic heterocycles. The Hall–Kier alpha value is -0.820. The van der Waals surface area contributed by atoms with Gasteiger partial charge in [0.2, 0.25) is 0 Å². The molecule has 1 aromatic rings.